The summed E-state index contributed by atoms with van der Waals surface area (Å²) in [4.78, 5) is 12.6. The van der Waals surface area contributed by atoms with E-state index in [9.17, 15) is 8.78 Å². The Hall–Kier alpha value is -3.29. The lowest BCUT2D eigenvalue weighted by molar-refractivity contribution is 0.152. The summed E-state index contributed by atoms with van der Waals surface area (Å²) in [7, 11) is 0. The van der Waals surface area contributed by atoms with Crippen molar-refractivity contribution in [3.05, 3.63) is 54.0 Å². The van der Waals surface area contributed by atoms with Gasteiger partial charge in [0.15, 0.2) is 0 Å². The van der Waals surface area contributed by atoms with E-state index in [0.717, 1.165) is 48.8 Å². The molecule has 0 aliphatic carbocycles. The fraction of sp³-hybridized carbons (Fsp3) is 0.375. The number of nitrogens with zero attached hydrogens (tertiary/aromatic N) is 4. The Morgan fingerprint density at radius 1 is 1.06 bits per heavy atom. The number of anilines is 2. The van der Waals surface area contributed by atoms with Gasteiger partial charge in [-0.3, -0.25) is 0 Å². The van der Waals surface area contributed by atoms with Crippen LogP contribution in [0.15, 0.2) is 42.9 Å². The van der Waals surface area contributed by atoms with E-state index in [2.05, 4.69) is 33.4 Å². The Bertz CT molecular complexity index is 1250. The van der Waals surface area contributed by atoms with Crippen molar-refractivity contribution in [2.45, 2.75) is 52.5 Å². The maximum atomic E-state index is 13.1. The van der Waals surface area contributed by atoms with Crippen molar-refractivity contribution < 1.29 is 8.78 Å². The van der Waals surface area contributed by atoms with Crippen LogP contribution >= 0.6 is 0 Å². The zero-order valence-electron chi connectivity index (χ0n) is 18.4. The van der Waals surface area contributed by atoms with Gasteiger partial charge in [-0.25, -0.2) is 23.7 Å². The van der Waals surface area contributed by atoms with E-state index >= 15 is 0 Å². The largest absolute Gasteiger partial charge is 0.383 e. The fourth-order valence-electron chi connectivity index (χ4n) is 4.09. The van der Waals surface area contributed by atoms with E-state index in [1.807, 2.05) is 30.5 Å². The summed E-state index contributed by atoms with van der Waals surface area (Å²) >= 11 is 0. The molecule has 3 aromatic heterocycles. The molecule has 0 amide bonds. The topological polar surface area (TPSA) is 95.6 Å². The first-order chi connectivity index (χ1) is 15.3. The molecule has 0 spiro atoms. The van der Waals surface area contributed by atoms with Gasteiger partial charge in [-0.1, -0.05) is 32.4 Å². The van der Waals surface area contributed by atoms with Gasteiger partial charge in [0.2, 0.25) is 0 Å². The Morgan fingerprint density at radius 3 is 2.62 bits per heavy atom. The highest BCUT2D eigenvalue weighted by Gasteiger charge is 2.22. The van der Waals surface area contributed by atoms with Crippen molar-refractivity contribution in [2.75, 3.05) is 11.5 Å². The van der Waals surface area contributed by atoms with E-state index < -0.39 is 6.43 Å². The fourth-order valence-corrected chi connectivity index (χ4v) is 4.09. The molecule has 32 heavy (non-hydrogen) atoms. The first-order valence-corrected chi connectivity index (χ1v) is 10.8. The van der Waals surface area contributed by atoms with Gasteiger partial charge in [-0.05, 0) is 48.4 Å². The Morgan fingerprint density at radius 2 is 1.88 bits per heavy atom. The van der Waals surface area contributed by atoms with Gasteiger partial charge in [-0.15, -0.1) is 0 Å². The van der Waals surface area contributed by atoms with Crippen LogP contribution in [0.3, 0.4) is 0 Å². The zero-order chi connectivity index (χ0) is 22.9. The predicted molar refractivity (Wildman–Crippen MR) is 124 cm³/mol. The number of nitrogens with two attached hydrogens (primary N) is 2. The first kappa shape index (κ1) is 21.9. The molecule has 4 rings (SSSR count). The average molecular weight is 439 g/mol. The predicted octanol–water partition coefficient (Wildman–Crippen LogP) is 5.52. The average Bonchev–Trinajstić information content (AvgIpc) is 3.20. The molecule has 0 saturated heterocycles. The van der Waals surface area contributed by atoms with Gasteiger partial charge >= 0.3 is 0 Å². The monoisotopic (exact) mass is 438 g/mol. The number of benzene rings is 1. The van der Waals surface area contributed by atoms with E-state index in [0.29, 0.717) is 16.7 Å². The Labute approximate surface area is 185 Å². The van der Waals surface area contributed by atoms with E-state index in [4.69, 9.17) is 11.5 Å². The highest BCUT2D eigenvalue weighted by molar-refractivity contribution is 5.86. The number of hydrogen-bond acceptors (Lipinski definition) is 5. The summed E-state index contributed by atoms with van der Waals surface area (Å²) in [5, 5.41) is 1.56. The molecule has 0 aliphatic rings. The van der Waals surface area contributed by atoms with Crippen LogP contribution in [0, 0.1) is 5.41 Å². The van der Waals surface area contributed by atoms with Gasteiger partial charge in [0.05, 0.1) is 16.5 Å². The van der Waals surface area contributed by atoms with Crippen LogP contribution in [0.25, 0.3) is 21.9 Å². The zero-order valence-corrected chi connectivity index (χ0v) is 18.4. The highest BCUT2D eigenvalue weighted by Crippen LogP contribution is 2.34. The lowest BCUT2D eigenvalue weighted by atomic mass is 9.78. The summed E-state index contributed by atoms with van der Waals surface area (Å²) in [5.74, 6) is 0.393. The summed E-state index contributed by atoms with van der Waals surface area (Å²) in [5.41, 5.74) is 14.2. The molecule has 0 aliphatic heterocycles. The summed E-state index contributed by atoms with van der Waals surface area (Å²) in [6.07, 6.45) is 4.79. The molecule has 4 aromatic rings. The van der Waals surface area contributed by atoms with Crippen LogP contribution in [0.1, 0.15) is 50.7 Å². The summed E-state index contributed by atoms with van der Waals surface area (Å²) in [6, 6.07) is 9.18. The van der Waals surface area contributed by atoms with Crippen LogP contribution in [-0.2, 0) is 13.0 Å². The van der Waals surface area contributed by atoms with Crippen molar-refractivity contribution in [1.29, 1.82) is 0 Å². The Balaban J connectivity index is 1.46. The number of hydrogen-bond donors (Lipinski definition) is 2. The van der Waals surface area contributed by atoms with Gasteiger partial charge in [0.25, 0.3) is 6.43 Å². The van der Waals surface area contributed by atoms with Crippen LogP contribution < -0.4 is 11.5 Å². The second kappa shape index (κ2) is 8.68. The highest BCUT2D eigenvalue weighted by atomic mass is 19.3. The van der Waals surface area contributed by atoms with Crippen molar-refractivity contribution >= 4 is 33.6 Å². The molecule has 3 heterocycles. The molecule has 1 atom stereocenters. The summed E-state index contributed by atoms with van der Waals surface area (Å²) in [6.45, 7) is 5.35. The first-order valence-electron chi connectivity index (χ1n) is 10.8. The molecule has 0 bridgehead atoms. The van der Waals surface area contributed by atoms with E-state index in [1.54, 1.807) is 0 Å². The molecule has 8 heteroatoms. The Kier molecular flexibility index (Phi) is 5.95. The normalized spacial score (nSPS) is 13.8. The van der Waals surface area contributed by atoms with Gasteiger partial charge in [-0.2, -0.15) is 0 Å². The number of alkyl halides is 2. The lowest BCUT2D eigenvalue weighted by Crippen LogP contribution is -2.19. The number of halogens is 2. The third-order valence-corrected chi connectivity index (χ3v) is 6.59. The summed E-state index contributed by atoms with van der Waals surface area (Å²) < 4.78 is 28.3. The molecular formula is C24H28F2N6. The van der Waals surface area contributed by atoms with Crippen molar-refractivity contribution in [2.24, 2.45) is 5.41 Å². The minimum atomic E-state index is -2.63. The number of pyridine rings is 1. The number of rotatable bonds is 8. The van der Waals surface area contributed by atoms with Gasteiger partial charge in [0.1, 0.15) is 23.6 Å². The molecule has 6 nitrogen and oxygen atoms in total. The second-order valence-electron chi connectivity index (χ2n) is 8.71. The molecule has 0 saturated carbocycles. The van der Waals surface area contributed by atoms with Crippen molar-refractivity contribution in [1.82, 2.24) is 19.5 Å². The quantitative estimate of drug-likeness (QED) is 0.378. The standard InChI is InChI=1S/C24H28F2N6/c1-3-24(2,9-11-32-10-7-17-21(27)29-14-30-23(17)32)8-6-15-4-5-16-13-18(20(25)26)22(28)31-19(16)12-15/h4-5,7,10,12-14,20H,3,6,8-9,11H2,1-2H3,(H2,28,31)(H2,27,29,30)/t24-/m1/s1. The minimum Gasteiger partial charge on any atom is -0.383 e. The molecular weight excluding hydrogens is 410 g/mol. The van der Waals surface area contributed by atoms with Gasteiger partial charge in [0, 0.05) is 18.1 Å². The SMILES string of the molecule is CC[C@](C)(CCc1ccc2cc(C(F)F)c(N)nc2c1)CCn1ccc2c(N)ncnc21. The molecule has 0 fully saturated rings. The third-order valence-electron chi connectivity index (χ3n) is 6.59. The smallest absolute Gasteiger partial charge is 0.267 e. The van der Waals surface area contributed by atoms with Crippen LogP contribution in [0.2, 0.25) is 0 Å². The van der Waals surface area contributed by atoms with Crippen LogP contribution in [0.4, 0.5) is 20.4 Å². The van der Waals surface area contributed by atoms with Crippen molar-refractivity contribution in [3.63, 3.8) is 0 Å². The van der Waals surface area contributed by atoms with Crippen LogP contribution in [0.5, 0.6) is 0 Å². The maximum absolute atomic E-state index is 13.1. The van der Waals surface area contributed by atoms with Crippen molar-refractivity contribution in [3.8, 4) is 0 Å². The van der Waals surface area contributed by atoms with E-state index in [1.165, 1.54) is 12.4 Å². The minimum absolute atomic E-state index is 0.105. The third kappa shape index (κ3) is 4.35. The lowest BCUT2D eigenvalue weighted by Gasteiger charge is -2.29. The van der Waals surface area contributed by atoms with Crippen LogP contribution in [-0.4, -0.2) is 19.5 Å². The molecule has 1 aromatic carbocycles. The molecule has 0 radical (unpaired) electrons. The molecule has 168 valence electrons. The van der Waals surface area contributed by atoms with Gasteiger partial charge < -0.3 is 16.0 Å². The number of aromatic nitrogens is 4. The van der Waals surface area contributed by atoms with E-state index in [-0.39, 0.29) is 16.8 Å². The number of aryl methyl sites for hydroxylation is 2. The molecule has 4 N–H and O–H groups in total. The maximum Gasteiger partial charge on any atom is 0.267 e. The number of nitrogen functional groups attached to an aromatic ring is 2. The second-order valence-corrected chi connectivity index (χ2v) is 8.71. The number of fused-ring (bicyclic) bond motifs is 2. The molecule has 0 unspecified atom stereocenters.